The molecule has 11 nitrogen and oxygen atoms in total. The lowest BCUT2D eigenvalue weighted by molar-refractivity contribution is -0.848. The minimum absolute atomic E-state index is 0. The van der Waals surface area contributed by atoms with Gasteiger partial charge in [-0.05, 0) is 38.1 Å². The normalized spacial score (nSPS) is 11.3. The number of benzene rings is 1. The monoisotopic (exact) mass is 731 g/mol. The fourth-order valence-corrected chi connectivity index (χ4v) is 5.85. The number of nitriles is 1. The number of carboxylic acid groups (broad SMARTS) is 1. The van der Waals surface area contributed by atoms with Gasteiger partial charge in [-0.25, -0.2) is 24.8 Å². The number of nitrogens with one attached hydrogen (secondary N) is 1. The van der Waals surface area contributed by atoms with Gasteiger partial charge in [-0.3, -0.25) is 14.3 Å². The largest absolute Gasteiger partial charge is 1.00 e. The van der Waals surface area contributed by atoms with E-state index in [1.807, 2.05) is 27.2 Å². The van der Waals surface area contributed by atoms with Gasteiger partial charge in [0.15, 0.2) is 5.82 Å². The van der Waals surface area contributed by atoms with E-state index in [4.69, 9.17) is 16.3 Å². The number of thiophene rings is 1. The standard InChI is InChI=1S/C29H26ClN7O4S.HI/c1-15-10-19(26-25(33-15)21(14-42-26)29(39)40)18-11-17(30)6-7-23(18)41-9-8-36-16(2)34-22-13-32-27(35-37(3,4)5)20(12-31)24(22)28(36)38;/h6-7,10-11,13-14H,8-9H2,1-5H3,(H-,32,35,39,40);1H. The molecular formula is C29H27ClIN7O4S. The number of carboxylic acids is 1. The molecule has 0 spiro atoms. The number of pyridine rings is 2. The molecule has 5 aromatic rings. The summed E-state index contributed by atoms with van der Waals surface area (Å²) in [7, 11) is 5.63. The predicted octanol–water partition coefficient (Wildman–Crippen LogP) is 2.02. The number of hydrogen-bond donors (Lipinski definition) is 2. The van der Waals surface area contributed by atoms with Crippen LogP contribution >= 0.6 is 22.9 Å². The molecule has 0 saturated carbocycles. The molecule has 43 heavy (non-hydrogen) atoms. The van der Waals surface area contributed by atoms with Crippen LogP contribution in [0.4, 0.5) is 5.82 Å². The van der Waals surface area contributed by atoms with Crippen LogP contribution in [0.25, 0.3) is 32.2 Å². The number of quaternary nitrogens is 1. The number of ether oxygens (including phenoxy) is 1. The number of aromatic nitrogens is 4. The minimum Gasteiger partial charge on any atom is -1.00 e. The van der Waals surface area contributed by atoms with Gasteiger partial charge in [0.25, 0.3) is 5.56 Å². The third-order valence-corrected chi connectivity index (χ3v) is 7.67. The highest BCUT2D eigenvalue weighted by atomic mass is 127. The summed E-state index contributed by atoms with van der Waals surface area (Å²) in [5.41, 5.74) is 5.83. The van der Waals surface area contributed by atoms with Crippen LogP contribution in [-0.2, 0) is 6.54 Å². The second kappa shape index (κ2) is 12.4. The summed E-state index contributed by atoms with van der Waals surface area (Å²) in [6, 6.07) is 9.18. The summed E-state index contributed by atoms with van der Waals surface area (Å²) in [5.74, 6) is 0.213. The summed E-state index contributed by atoms with van der Waals surface area (Å²) < 4.78 is 8.66. The van der Waals surface area contributed by atoms with Gasteiger partial charge in [0.1, 0.15) is 29.8 Å². The third kappa shape index (κ3) is 6.42. The van der Waals surface area contributed by atoms with E-state index in [0.717, 1.165) is 5.56 Å². The van der Waals surface area contributed by atoms with Gasteiger partial charge < -0.3 is 33.8 Å². The quantitative estimate of drug-likeness (QED) is 0.139. The lowest BCUT2D eigenvalue weighted by Gasteiger charge is -2.24. The Morgan fingerprint density at radius 2 is 1.95 bits per heavy atom. The number of halogens is 2. The smallest absolute Gasteiger partial charge is 0.338 e. The summed E-state index contributed by atoms with van der Waals surface area (Å²) in [6.07, 6.45) is 1.49. The molecule has 0 unspecified atom stereocenters. The molecule has 0 saturated heterocycles. The highest BCUT2D eigenvalue weighted by Crippen LogP contribution is 2.40. The van der Waals surface area contributed by atoms with Gasteiger partial charge in [-0.15, -0.1) is 11.3 Å². The first-order chi connectivity index (χ1) is 19.9. The Morgan fingerprint density at radius 3 is 2.63 bits per heavy atom. The van der Waals surface area contributed by atoms with Crippen molar-refractivity contribution < 1.29 is 43.2 Å². The van der Waals surface area contributed by atoms with Gasteiger partial charge >= 0.3 is 5.97 Å². The van der Waals surface area contributed by atoms with Crippen LogP contribution in [0, 0.1) is 25.2 Å². The Bertz CT molecular complexity index is 2000. The van der Waals surface area contributed by atoms with Crippen molar-refractivity contribution >= 4 is 55.8 Å². The number of nitrogens with zero attached hydrogens (tertiary/aromatic N) is 6. The van der Waals surface area contributed by atoms with E-state index in [1.54, 1.807) is 37.4 Å². The Labute approximate surface area is 272 Å². The molecule has 0 fully saturated rings. The molecule has 0 bridgehead atoms. The predicted molar refractivity (Wildman–Crippen MR) is 162 cm³/mol. The first kappa shape index (κ1) is 32.1. The summed E-state index contributed by atoms with van der Waals surface area (Å²) in [5, 5.41) is 21.8. The van der Waals surface area contributed by atoms with E-state index in [1.165, 1.54) is 22.1 Å². The number of aryl methyl sites for hydroxylation is 2. The molecule has 0 aliphatic heterocycles. The number of carbonyl (C=O) groups is 1. The molecule has 0 aliphatic rings. The van der Waals surface area contributed by atoms with Gasteiger partial charge in [0.05, 0.1) is 60.6 Å². The molecule has 2 N–H and O–H groups in total. The molecule has 14 heteroatoms. The maximum Gasteiger partial charge on any atom is 0.338 e. The molecule has 4 aromatic heterocycles. The minimum atomic E-state index is -1.05. The van der Waals surface area contributed by atoms with E-state index >= 15 is 0 Å². The Hall–Kier alpha value is -3.84. The molecule has 0 radical (unpaired) electrons. The van der Waals surface area contributed by atoms with Gasteiger partial charge in [0, 0.05) is 27.2 Å². The zero-order chi connectivity index (χ0) is 30.3. The van der Waals surface area contributed by atoms with Gasteiger partial charge in [0.2, 0.25) is 0 Å². The highest BCUT2D eigenvalue weighted by Gasteiger charge is 2.21. The zero-order valence-corrected chi connectivity index (χ0v) is 27.6. The second-order valence-electron chi connectivity index (χ2n) is 10.5. The fourth-order valence-electron chi connectivity index (χ4n) is 4.67. The maximum atomic E-state index is 13.6. The van der Waals surface area contributed by atoms with Gasteiger partial charge in [-0.1, -0.05) is 11.6 Å². The van der Waals surface area contributed by atoms with Crippen LogP contribution in [-0.4, -0.2) is 62.9 Å². The molecular weight excluding hydrogens is 705 g/mol. The van der Waals surface area contributed by atoms with Crippen molar-refractivity contribution in [3.63, 3.8) is 0 Å². The molecule has 0 aliphatic carbocycles. The van der Waals surface area contributed by atoms with Crippen LogP contribution in [0.2, 0.25) is 5.02 Å². The average Bonchev–Trinajstić information content (AvgIpc) is 3.34. The topological polar surface area (TPSA) is 143 Å². The Morgan fingerprint density at radius 1 is 1.21 bits per heavy atom. The lowest BCUT2D eigenvalue weighted by Crippen LogP contribution is -3.00. The number of hydrogen-bond acceptors (Lipinski definition) is 9. The number of rotatable bonds is 8. The molecule has 222 valence electrons. The van der Waals surface area contributed by atoms with Crippen LogP contribution in [0.3, 0.4) is 0 Å². The third-order valence-electron chi connectivity index (χ3n) is 6.43. The van der Waals surface area contributed by atoms with Crippen molar-refractivity contribution in [3.05, 3.63) is 73.9 Å². The summed E-state index contributed by atoms with van der Waals surface area (Å²) >= 11 is 7.66. The SMILES string of the molecule is Cc1cc(-c2cc(Cl)ccc2OCCn2c(C)nc3cnc(N[N+](C)(C)C)c(C#N)c3c2=O)c2scc(C(=O)O)c2n1.[I-]. The first-order valence-electron chi connectivity index (χ1n) is 12.8. The van der Waals surface area contributed by atoms with E-state index < -0.39 is 5.97 Å². The lowest BCUT2D eigenvalue weighted by atomic mass is 10.0. The summed E-state index contributed by atoms with van der Waals surface area (Å²) in [4.78, 5) is 38.7. The number of anilines is 1. The van der Waals surface area contributed by atoms with Crippen molar-refractivity contribution in [1.82, 2.24) is 19.5 Å². The van der Waals surface area contributed by atoms with E-state index in [-0.39, 0.29) is 59.2 Å². The van der Waals surface area contributed by atoms with Crippen molar-refractivity contribution in [2.45, 2.75) is 20.4 Å². The molecule has 0 atom stereocenters. The van der Waals surface area contributed by atoms with Crippen molar-refractivity contribution in [2.24, 2.45) is 0 Å². The second-order valence-corrected chi connectivity index (χ2v) is 11.8. The first-order valence-corrected chi connectivity index (χ1v) is 14.1. The van der Waals surface area contributed by atoms with E-state index in [0.29, 0.717) is 54.0 Å². The highest BCUT2D eigenvalue weighted by molar-refractivity contribution is 7.18. The maximum absolute atomic E-state index is 13.6. The molecule has 0 amide bonds. The Balaban J connectivity index is 0.00000423. The number of fused-ring (bicyclic) bond motifs is 2. The molecule has 5 rings (SSSR count). The van der Waals surface area contributed by atoms with Crippen LogP contribution in [0.1, 0.15) is 27.4 Å². The van der Waals surface area contributed by atoms with Crippen LogP contribution in [0.15, 0.2) is 40.6 Å². The zero-order valence-electron chi connectivity index (χ0n) is 23.9. The molecule has 4 heterocycles. The fraction of sp³-hybridized carbons (Fsp3) is 0.241. The van der Waals surface area contributed by atoms with Crippen LogP contribution in [0.5, 0.6) is 5.75 Å². The Kier molecular flexibility index (Phi) is 9.26. The van der Waals surface area contributed by atoms with Crippen molar-refractivity contribution in [1.29, 1.82) is 5.26 Å². The van der Waals surface area contributed by atoms with E-state index in [2.05, 4.69) is 26.4 Å². The van der Waals surface area contributed by atoms with Gasteiger partial charge in [-0.2, -0.15) is 5.26 Å². The van der Waals surface area contributed by atoms with Crippen molar-refractivity contribution in [2.75, 3.05) is 33.2 Å². The van der Waals surface area contributed by atoms with Crippen LogP contribution < -0.4 is 39.7 Å². The average molecular weight is 732 g/mol. The van der Waals surface area contributed by atoms with E-state index in [9.17, 15) is 20.0 Å². The summed E-state index contributed by atoms with van der Waals surface area (Å²) in [6.45, 7) is 3.78. The molecule has 1 aromatic carbocycles. The number of aromatic carboxylic acids is 1. The van der Waals surface area contributed by atoms with Crippen molar-refractivity contribution in [3.8, 4) is 22.9 Å².